The Morgan fingerprint density at radius 2 is 1.96 bits per heavy atom. The highest BCUT2D eigenvalue weighted by atomic mass is 16.2. The quantitative estimate of drug-likeness (QED) is 0.398. The molecule has 0 aromatic rings. The second kappa shape index (κ2) is 10.0. The van der Waals surface area contributed by atoms with E-state index in [1.54, 1.807) is 6.92 Å². The van der Waals surface area contributed by atoms with Crippen molar-refractivity contribution in [2.24, 2.45) is 11.8 Å². The number of allylic oxidation sites excluding steroid dienone is 2. The van der Waals surface area contributed by atoms with E-state index in [4.69, 9.17) is 0 Å². The maximum atomic E-state index is 12.2. The SMILES string of the molecule is CCCC1C[C@H]1/C=C\CCCCCCC(=O)N1CCC[C@H]1C(C)=O. The zero-order valence-electron chi connectivity index (χ0n) is 15.6. The van der Waals surface area contributed by atoms with E-state index in [0.29, 0.717) is 6.42 Å². The Hall–Kier alpha value is -1.12. The van der Waals surface area contributed by atoms with Gasteiger partial charge in [-0.25, -0.2) is 0 Å². The molecule has 136 valence electrons. The van der Waals surface area contributed by atoms with E-state index in [2.05, 4.69) is 19.1 Å². The second-order valence-corrected chi connectivity index (χ2v) is 7.69. The molecule has 1 saturated heterocycles. The van der Waals surface area contributed by atoms with Crippen LogP contribution in [0.2, 0.25) is 0 Å². The van der Waals surface area contributed by atoms with Crippen molar-refractivity contribution < 1.29 is 9.59 Å². The Morgan fingerprint density at radius 1 is 1.17 bits per heavy atom. The number of amides is 1. The number of Topliss-reactive ketones (excluding diaryl/α,β-unsaturated/α-hetero) is 1. The van der Waals surface area contributed by atoms with Gasteiger partial charge in [0.1, 0.15) is 0 Å². The monoisotopic (exact) mass is 333 g/mol. The summed E-state index contributed by atoms with van der Waals surface area (Å²) in [5, 5.41) is 0. The Labute approximate surface area is 147 Å². The van der Waals surface area contributed by atoms with Crippen LogP contribution >= 0.6 is 0 Å². The lowest BCUT2D eigenvalue weighted by Crippen LogP contribution is -2.39. The number of rotatable bonds is 11. The van der Waals surface area contributed by atoms with Gasteiger partial charge < -0.3 is 4.90 Å². The predicted molar refractivity (Wildman–Crippen MR) is 98.8 cm³/mol. The molecule has 2 aliphatic rings. The van der Waals surface area contributed by atoms with E-state index < -0.39 is 0 Å². The van der Waals surface area contributed by atoms with Crippen molar-refractivity contribution >= 4 is 11.7 Å². The molecule has 0 radical (unpaired) electrons. The minimum Gasteiger partial charge on any atom is -0.333 e. The van der Waals surface area contributed by atoms with E-state index >= 15 is 0 Å². The van der Waals surface area contributed by atoms with Gasteiger partial charge in [0.05, 0.1) is 6.04 Å². The molecule has 1 saturated carbocycles. The Morgan fingerprint density at radius 3 is 2.71 bits per heavy atom. The van der Waals surface area contributed by atoms with Crippen molar-refractivity contribution in [2.45, 2.75) is 90.5 Å². The van der Waals surface area contributed by atoms with E-state index in [0.717, 1.165) is 44.1 Å². The largest absolute Gasteiger partial charge is 0.333 e. The summed E-state index contributed by atoms with van der Waals surface area (Å²) in [6.07, 6.45) is 17.1. The summed E-state index contributed by atoms with van der Waals surface area (Å²) in [7, 11) is 0. The van der Waals surface area contributed by atoms with Crippen LogP contribution in [-0.4, -0.2) is 29.2 Å². The number of likely N-dealkylation sites (tertiary alicyclic amines) is 1. The second-order valence-electron chi connectivity index (χ2n) is 7.69. The van der Waals surface area contributed by atoms with Gasteiger partial charge in [-0.1, -0.05) is 44.8 Å². The highest BCUT2D eigenvalue weighted by Gasteiger charge is 2.33. The van der Waals surface area contributed by atoms with Crippen LogP contribution in [0.25, 0.3) is 0 Å². The summed E-state index contributed by atoms with van der Waals surface area (Å²) in [4.78, 5) is 25.6. The Kier molecular flexibility index (Phi) is 8.01. The van der Waals surface area contributed by atoms with Crippen molar-refractivity contribution in [3.8, 4) is 0 Å². The summed E-state index contributed by atoms with van der Waals surface area (Å²) in [6.45, 7) is 4.65. The van der Waals surface area contributed by atoms with E-state index in [9.17, 15) is 9.59 Å². The van der Waals surface area contributed by atoms with Crippen molar-refractivity contribution in [3.63, 3.8) is 0 Å². The average Bonchev–Trinajstić information content (AvgIpc) is 3.10. The highest BCUT2D eigenvalue weighted by molar-refractivity contribution is 5.88. The van der Waals surface area contributed by atoms with Gasteiger partial charge in [0.2, 0.25) is 5.91 Å². The van der Waals surface area contributed by atoms with Gasteiger partial charge in [0, 0.05) is 13.0 Å². The summed E-state index contributed by atoms with van der Waals surface area (Å²) < 4.78 is 0. The molecule has 3 atom stereocenters. The van der Waals surface area contributed by atoms with Crippen LogP contribution < -0.4 is 0 Å². The molecule has 1 amide bonds. The van der Waals surface area contributed by atoms with Crippen LogP contribution in [0.3, 0.4) is 0 Å². The lowest BCUT2D eigenvalue weighted by Gasteiger charge is -2.22. The molecule has 24 heavy (non-hydrogen) atoms. The van der Waals surface area contributed by atoms with Crippen molar-refractivity contribution in [1.29, 1.82) is 0 Å². The molecule has 3 heteroatoms. The molecule has 1 aliphatic heterocycles. The molecule has 0 aromatic heterocycles. The fourth-order valence-electron chi connectivity index (χ4n) is 4.00. The minimum atomic E-state index is -0.137. The first-order chi connectivity index (χ1) is 11.6. The molecule has 0 spiro atoms. The van der Waals surface area contributed by atoms with Crippen LogP contribution in [0.4, 0.5) is 0 Å². The zero-order valence-corrected chi connectivity index (χ0v) is 15.6. The lowest BCUT2D eigenvalue weighted by atomic mass is 10.1. The number of hydrogen-bond donors (Lipinski definition) is 0. The standard InChI is InChI=1S/C21H35NO2/c1-3-11-18-16-19(18)12-8-6-4-5-7-9-14-21(24)22-15-10-13-20(22)17(2)23/h8,12,18-20H,3-7,9-11,13-16H2,1-2H3/b12-8-/t18?,19-,20+/m1/s1. The smallest absolute Gasteiger partial charge is 0.223 e. The molecule has 1 aliphatic carbocycles. The minimum absolute atomic E-state index is 0.137. The summed E-state index contributed by atoms with van der Waals surface area (Å²) in [6, 6.07) is -0.137. The molecule has 0 bridgehead atoms. The van der Waals surface area contributed by atoms with Crippen LogP contribution in [0, 0.1) is 11.8 Å². The third-order valence-electron chi connectivity index (χ3n) is 5.57. The number of carbonyl (C=O) groups excluding carboxylic acids is 2. The summed E-state index contributed by atoms with van der Waals surface area (Å²) in [5.41, 5.74) is 0. The molecular weight excluding hydrogens is 298 g/mol. The first-order valence-corrected chi connectivity index (χ1v) is 10.1. The van der Waals surface area contributed by atoms with Crippen molar-refractivity contribution in [3.05, 3.63) is 12.2 Å². The van der Waals surface area contributed by atoms with Crippen molar-refractivity contribution in [1.82, 2.24) is 4.90 Å². The molecule has 3 nitrogen and oxygen atoms in total. The van der Waals surface area contributed by atoms with Crippen LogP contribution in [0.5, 0.6) is 0 Å². The van der Waals surface area contributed by atoms with Gasteiger partial charge in [-0.3, -0.25) is 9.59 Å². The maximum Gasteiger partial charge on any atom is 0.223 e. The molecule has 0 aromatic carbocycles. The number of ketones is 1. The lowest BCUT2D eigenvalue weighted by molar-refractivity contribution is -0.137. The number of nitrogens with zero attached hydrogens (tertiary/aromatic N) is 1. The van der Waals surface area contributed by atoms with E-state index in [1.165, 1.54) is 38.5 Å². The summed E-state index contributed by atoms with van der Waals surface area (Å²) in [5.74, 6) is 2.17. The average molecular weight is 334 g/mol. The van der Waals surface area contributed by atoms with Gasteiger partial charge in [0.15, 0.2) is 5.78 Å². The van der Waals surface area contributed by atoms with Gasteiger partial charge in [-0.2, -0.15) is 0 Å². The molecular formula is C21H35NO2. The van der Waals surface area contributed by atoms with Crippen LogP contribution in [0.15, 0.2) is 12.2 Å². The fraction of sp³-hybridized carbons (Fsp3) is 0.810. The van der Waals surface area contributed by atoms with Gasteiger partial charge in [-0.05, 0) is 57.3 Å². The highest BCUT2D eigenvalue weighted by Crippen LogP contribution is 2.43. The number of hydrogen-bond acceptors (Lipinski definition) is 2. The molecule has 1 heterocycles. The molecule has 2 fully saturated rings. The fourth-order valence-corrected chi connectivity index (χ4v) is 4.00. The first-order valence-electron chi connectivity index (χ1n) is 10.1. The van der Waals surface area contributed by atoms with Crippen LogP contribution in [-0.2, 0) is 9.59 Å². The predicted octanol–water partition coefficient (Wildman–Crippen LogP) is 4.90. The Balaban J connectivity index is 1.47. The van der Waals surface area contributed by atoms with Crippen LogP contribution in [0.1, 0.15) is 84.5 Å². The number of unbranched alkanes of at least 4 members (excludes halogenated alkanes) is 4. The summed E-state index contributed by atoms with van der Waals surface area (Å²) >= 11 is 0. The van der Waals surface area contributed by atoms with Crippen molar-refractivity contribution in [2.75, 3.05) is 6.54 Å². The van der Waals surface area contributed by atoms with E-state index in [-0.39, 0.29) is 17.7 Å². The van der Waals surface area contributed by atoms with Gasteiger partial charge >= 0.3 is 0 Å². The maximum absolute atomic E-state index is 12.2. The number of carbonyl (C=O) groups is 2. The Bertz CT molecular complexity index is 443. The third-order valence-corrected chi connectivity index (χ3v) is 5.57. The van der Waals surface area contributed by atoms with Gasteiger partial charge in [-0.15, -0.1) is 0 Å². The molecule has 2 rings (SSSR count). The van der Waals surface area contributed by atoms with Gasteiger partial charge in [0.25, 0.3) is 0 Å². The topological polar surface area (TPSA) is 37.4 Å². The first kappa shape index (κ1) is 19.2. The van der Waals surface area contributed by atoms with E-state index in [1.807, 2.05) is 4.90 Å². The third kappa shape index (κ3) is 6.07. The zero-order chi connectivity index (χ0) is 17.4. The normalized spacial score (nSPS) is 26.2. The molecule has 0 N–H and O–H groups in total. The molecule has 1 unspecified atom stereocenters.